The van der Waals surface area contributed by atoms with Gasteiger partial charge in [-0.05, 0) is 85.3 Å². The zero-order valence-electron chi connectivity index (χ0n) is 34.8. The van der Waals surface area contributed by atoms with Crippen molar-refractivity contribution in [1.82, 2.24) is 0 Å². The Morgan fingerprint density at radius 2 is 0.754 bits per heavy atom. The average Bonchev–Trinajstić information content (AvgIpc) is 3.57. The van der Waals surface area contributed by atoms with E-state index < -0.39 is 53.7 Å². The number of benzene rings is 4. The van der Waals surface area contributed by atoms with Crippen LogP contribution in [-0.2, 0) is 43.5 Å². The van der Waals surface area contributed by atoms with Crippen LogP contribution in [0.25, 0.3) is 11.1 Å². The molecule has 4 aromatic rings. The summed E-state index contributed by atoms with van der Waals surface area (Å²) in [6.07, 6.45) is 1.78. The van der Waals surface area contributed by atoms with E-state index in [9.17, 15) is 19.2 Å². The molecule has 0 N–H and O–H groups in total. The monoisotopic (exact) mass is 830 g/mol. The van der Waals surface area contributed by atoms with Gasteiger partial charge in [0.05, 0.1) is 5.41 Å². The minimum atomic E-state index is -0.998. The lowest BCUT2D eigenvalue weighted by atomic mass is 9.67. The summed E-state index contributed by atoms with van der Waals surface area (Å²) >= 11 is 0. The van der Waals surface area contributed by atoms with Crippen molar-refractivity contribution in [2.75, 3.05) is 26.4 Å². The number of rotatable bonds is 22. The van der Waals surface area contributed by atoms with Gasteiger partial charge in [0.2, 0.25) is 0 Å². The zero-order valence-corrected chi connectivity index (χ0v) is 34.8. The van der Waals surface area contributed by atoms with Gasteiger partial charge in [0.25, 0.3) is 0 Å². The Bertz CT molecular complexity index is 2120. The van der Waals surface area contributed by atoms with Crippen molar-refractivity contribution in [2.45, 2.75) is 57.5 Å². The molecular formula is C49H50O12. The largest absolute Gasteiger partial charge is 0.486 e. The number of fused-ring (bicyclic) bond motifs is 3. The van der Waals surface area contributed by atoms with Crippen LogP contribution in [0.1, 0.15) is 49.9 Å². The van der Waals surface area contributed by atoms with E-state index in [2.05, 4.69) is 50.6 Å². The van der Waals surface area contributed by atoms with Crippen molar-refractivity contribution >= 4 is 23.9 Å². The van der Waals surface area contributed by atoms with Crippen LogP contribution in [0.4, 0.5) is 0 Å². The molecule has 4 atom stereocenters. The first kappa shape index (κ1) is 45.0. The fourth-order valence-corrected chi connectivity index (χ4v) is 6.92. The summed E-state index contributed by atoms with van der Waals surface area (Å²) < 4.78 is 46.6. The molecular weight excluding hydrogens is 781 g/mol. The molecule has 5 rings (SSSR count). The Morgan fingerprint density at radius 3 is 1.07 bits per heavy atom. The minimum Gasteiger partial charge on any atom is -0.486 e. The van der Waals surface area contributed by atoms with E-state index >= 15 is 0 Å². The third-order valence-corrected chi connectivity index (χ3v) is 9.54. The van der Waals surface area contributed by atoms with Gasteiger partial charge in [0.15, 0.2) is 23.0 Å². The van der Waals surface area contributed by atoms with Crippen molar-refractivity contribution < 1.29 is 57.1 Å². The van der Waals surface area contributed by atoms with Gasteiger partial charge < -0.3 is 37.9 Å². The first-order valence-corrected chi connectivity index (χ1v) is 19.7. The van der Waals surface area contributed by atoms with Crippen molar-refractivity contribution in [3.05, 3.63) is 158 Å². The first-order chi connectivity index (χ1) is 29.3. The molecule has 1 aliphatic carbocycles. The van der Waals surface area contributed by atoms with Crippen LogP contribution in [0.2, 0.25) is 0 Å². The van der Waals surface area contributed by atoms with E-state index in [1.807, 2.05) is 48.5 Å². The number of carbonyl (C=O) groups excluding carboxylic acids is 4. The molecule has 4 unspecified atom stereocenters. The normalized spacial score (nSPS) is 13.9. The maximum absolute atomic E-state index is 12.0. The lowest BCUT2D eigenvalue weighted by Crippen LogP contribution is -2.29. The highest BCUT2D eigenvalue weighted by Gasteiger charge is 2.47. The first-order valence-electron chi connectivity index (χ1n) is 19.7. The molecule has 1 aliphatic rings. The summed E-state index contributed by atoms with van der Waals surface area (Å²) in [6, 6.07) is 27.5. The van der Waals surface area contributed by atoms with Crippen LogP contribution in [0, 0.1) is 0 Å². The summed E-state index contributed by atoms with van der Waals surface area (Å²) in [6.45, 7) is 20.6. The second-order valence-electron chi connectivity index (χ2n) is 14.2. The molecule has 0 amide bonds. The van der Waals surface area contributed by atoms with Gasteiger partial charge in [0.1, 0.15) is 50.8 Å². The number of hydrogen-bond acceptors (Lipinski definition) is 12. The SMILES string of the molecule is C=CC(=O)OC(C)COc1ccc(C2(c3ccc(OCC(C)OC(=O)C=C)c(OCC(C)OC(=O)C=C)c3)c3ccccc3-c3ccccc32)cc1OCC(C)OC(=O)C=C. The summed E-state index contributed by atoms with van der Waals surface area (Å²) in [5, 5.41) is 0. The van der Waals surface area contributed by atoms with Crippen LogP contribution in [-0.4, -0.2) is 74.7 Å². The third-order valence-electron chi connectivity index (χ3n) is 9.54. The quantitative estimate of drug-likeness (QED) is 0.0379. The fraction of sp³-hybridized carbons (Fsp3) is 0.265. The van der Waals surface area contributed by atoms with Crippen LogP contribution >= 0.6 is 0 Å². The molecule has 0 saturated heterocycles. The standard InChI is InChI=1S/C49H50O12/c1-9-45(50)58-31(5)27-54-41-23-21-35(25-43(41)56-29-33(7)60-47(52)11-3)49(39-19-15-13-17-37(39)38-18-14-16-20-40(38)49)36-22-24-42(55-28-32(6)59-46(51)10-2)44(26-36)57-30-34(8)61-48(53)12-4/h9-26,31-34H,1-4,27-30H2,5-8H3. The second kappa shape index (κ2) is 20.7. The van der Waals surface area contributed by atoms with Crippen molar-refractivity contribution in [3.63, 3.8) is 0 Å². The number of hydrogen-bond donors (Lipinski definition) is 0. The predicted octanol–water partition coefficient (Wildman–Crippen LogP) is 8.04. The third kappa shape index (κ3) is 10.8. The molecule has 0 heterocycles. The van der Waals surface area contributed by atoms with Gasteiger partial charge in [0, 0.05) is 24.3 Å². The maximum Gasteiger partial charge on any atom is 0.330 e. The highest BCUT2D eigenvalue weighted by atomic mass is 16.6. The Balaban J connectivity index is 1.68. The Morgan fingerprint density at radius 1 is 0.459 bits per heavy atom. The average molecular weight is 831 g/mol. The van der Waals surface area contributed by atoms with Gasteiger partial charge in [-0.25, -0.2) is 19.2 Å². The van der Waals surface area contributed by atoms with E-state index in [0.29, 0.717) is 23.0 Å². The number of ether oxygens (including phenoxy) is 8. The Kier molecular flexibility index (Phi) is 15.3. The van der Waals surface area contributed by atoms with E-state index in [-0.39, 0.29) is 26.4 Å². The molecule has 0 fully saturated rings. The smallest absolute Gasteiger partial charge is 0.330 e. The molecule has 0 saturated carbocycles. The summed E-state index contributed by atoms with van der Waals surface area (Å²) in [7, 11) is 0. The maximum atomic E-state index is 12.0. The molecule has 0 aliphatic heterocycles. The van der Waals surface area contributed by atoms with Gasteiger partial charge in [-0.15, -0.1) is 0 Å². The van der Waals surface area contributed by atoms with Crippen LogP contribution in [0.15, 0.2) is 136 Å². The molecule has 61 heavy (non-hydrogen) atoms. The molecule has 0 spiro atoms. The van der Waals surface area contributed by atoms with Gasteiger partial charge in [-0.1, -0.05) is 87.0 Å². The molecule has 318 valence electrons. The van der Waals surface area contributed by atoms with Crippen LogP contribution in [0.5, 0.6) is 23.0 Å². The van der Waals surface area contributed by atoms with Gasteiger partial charge in [-0.2, -0.15) is 0 Å². The predicted molar refractivity (Wildman–Crippen MR) is 229 cm³/mol. The van der Waals surface area contributed by atoms with E-state index in [1.54, 1.807) is 39.8 Å². The highest BCUT2D eigenvalue weighted by molar-refractivity contribution is 5.87. The molecule has 0 radical (unpaired) electrons. The number of esters is 4. The van der Waals surface area contributed by atoms with Gasteiger partial charge >= 0.3 is 23.9 Å². The summed E-state index contributed by atoms with van der Waals surface area (Å²) in [5.41, 5.74) is 4.52. The van der Waals surface area contributed by atoms with Crippen molar-refractivity contribution in [3.8, 4) is 34.1 Å². The molecule has 12 nitrogen and oxygen atoms in total. The summed E-state index contributed by atoms with van der Waals surface area (Å²) in [4.78, 5) is 47.9. The molecule has 4 aromatic carbocycles. The molecule has 12 heteroatoms. The molecule has 0 bridgehead atoms. The van der Waals surface area contributed by atoms with Gasteiger partial charge in [-0.3, -0.25) is 0 Å². The van der Waals surface area contributed by atoms with E-state index in [4.69, 9.17) is 37.9 Å². The number of carbonyl (C=O) groups is 4. The Labute approximate surface area is 356 Å². The van der Waals surface area contributed by atoms with E-state index in [1.165, 1.54) is 0 Å². The lowest BCUT2D eigenvalue weighted by molar-refractivity contribution is -0.144. The fourth-order valence-electron chi connectivity index (χ4n) is 6.92. The van der Waals surface area contributed by atoms with Crippen LogP contribution < -0.4 is 18.9 Å². The van der Waals surface area contributed by atoms with Crippen LogP contribution in [0.3, 0.4) is 0 Å². The lowest BCUT2D eigenvalue weighted by Gasteiger charge is -2.35. The van der Waals surface area contributed by atoms with Crippen molar-refractivity contribution in [1.29, 1.82) is 0 Å². The molecule has 0 aromatic heterocycles. The zero-order chi connectivity index (χ0) is 44.1. The van der Waals surface area contributed by atoms with E-state index in [0.717, 1.165) is 57.7 Å². The minimum absolute atomic E-state index is 0.00119. The Hall–Kier alpha value is -7.08. The second-order valence-corrected chi connectivity index (χ2v) is 14.2. The summed E-state index contributed by atoms with van der Waals surface area (Å²) in [5.74, 6) is -0.988. The van der Waals surface area contributed by atoms with Crippen molar-refractivity contribution in [2.24, 2.45) is 0 Å². The topological polar surface area (TPSA) is 142 Å². The highest BCUT2D eigenvalue weighted by Crippen LogP contribution is 2.57.